The average molecular weight is 304 g/mol. The molecule has 1 aliphatic carbocycles. The van der Waals surface area contributed by atoms with Gasteiger partial charge in [-0.05, 0) is 48.7 Å². The van der Waals surface area contributed by atoms with Crippen molar-refractivity contribution in [2.24, 2.45) is 0 Å². The molecule has 0 radical (unpaired) electrons. The monoisotopic (exact) mass is 304 g/mol. The van der Waals surface area contributed by atoms with E-state index in [9.17, 15) is 0 Å². The van der Waals surface area contributed by atoms with Crippen molar-refractivity contribution in [3.63, 3.8) is 0 Å². The molecule has 2 aromatic heterocycles. The maximum Gasteiger partial charge on any atom is 0.221 e. The molecule has 2 N–H and O–H groups in total. The van der Waals surface area contributed by atoms with Crippen LogP contribution in [0.25, 0.3) is 22.6 Å². The topological polar surface area (TPSA) is 73.9 Å². The lowest BCUT2D eigenvalue weighted by Gasteiger charge is -2.21. The molecule has 0 saturated heterocycles. The Labute approximate surface area is 134 Å². The summed E-state index contributed by atoms with van der Waals surface area (Å²) in [7, 11) is 1.68. The summed E-state index contributed by atoms with van der Waals surface area (Å²) in [4.78, 5) is 13.4. The maximum absolute atomic E-state index is 5.96. The SMILES string of the molecule is COc1ccc2c(c1)CCc1c(-c3ccccn3)nc(N)nc1-2. The van der Waals surface area contributed by atoms with Crippen molar-refractivity contribution < 1.29 is 4.74 Å². The fraction of sp³-hybridized carbons (Fsp3) is 0.167. The van der Waals surface area contributed by atoms with Crippen LogP contribution in [0.2, 0.25) is 0 Å². The van der Waals surface area contributed by atoms with Crippen LogP contribution >= 0.6 is 0 Å². The number of aryl methyl sites for hydroxylation is 1. The third-order valence-electron chi connectivity index (χ3n) is 4.14. The van der Waals surface area contributed by atoms with Crippen molar-refractivity contribution in [1.29, 1.82) is 0 Å². The smallest absolute Gasteiger partial charge is 0.221 e. The Morgan fingerprint density at radius 3 is 2.70 bits per heavy atom. The van der Waals surface area contributed by atoms with Gasteiger partial charge in [-0.1, -0.05) is 6.07 Å². The lowest BCUT2D eigenvalue weighted by atomic mass is 9.87. The number of anilines is 1. The van der Waals surface area contributed by atoms with E-state index in [1.54, 1.807) is 13.3 Å². The largest absolute Gasteiger partial charge is 0.497 e. The molecule has 3 aromatic rings. The number of aromatic nitrogens is 3. The number of fused-ring (bicyclic) bond motifs is 3. The van der Waals surface area contributed by atoms with Gasteiger partial charge in [-0.25, -0.2) is 9.97 Å². The minimum atomic E-state index is 0.271. The van der Waals surface area contributed by atoms with E-state index in [0.717, 1.165) is 46.8 Å². The number of nitrogens with two attached hydrogens (primary N) is 1. The Hall–Kier alpha value is -2.95. The molecule has 0 amide bonds. The van der Waals surface area contributed by atoms with Crippen LogP contribution in [-0.2, 0) is 12.8 Å². The van der Waals surface area contributed by atoms with Crippen LogP contribution in [0.4, 0.5) is 5.95 Å². The number of hydrogen-bond donors (Lipinski definition) is 1. The molecular formula is C18H16N4O. The van der Waals surface area contributed by atoms with Gasteiger partial charge in [-0.15, -0.1) is 0 Å². The first-order chi connectivity index (χ1) is 11.3. The molecule has 0 unspecified atom stereocenters. The van der Waals surface area contributed by atoms with Crippen LogP contribution in [0.15, 0.2) is 42.6 Å². The molecule has 0 bridgehead atoms. The van der Waals surface area contributed by atoms with Gasteiger partial charge in [-0.3, -0.25) is 4.98 Å². The molecule has 4 rings (SSSR count). The van der Waals surface area contributed by atoms with Crippen LogP contribution in [-0.4, -0.2) is 22.1 Å². The zero-order valence-corrected chi connectivity index (χ0v) is 12.8. The van der Waals surface area contributed by atoms with E-state index in [-0.39, 0.29) is 5.95 Å². The van der Waals surface area contributed by atoms with Crippen molar-refractivity contribution in [3.8, 4) is 28.4 Å². The zero-order valence-electron chi connectivity index (χ0n) is 12.8. The van der Waals surface area contributed by atoms with Crippen LogP contribution < -0.4 is 10.5 Å². The van der Waals surface area contributed by atoms with Gasteiger partial charge in [0.2, 0.25) is 5.95 Å². The van der Waals surface area contributed by atoms with Gasteiger partial charge in [0.1, 0.15) is 5.75 Å². The van der Waals surface area contributed by atoms with Gasteiger partial charge in [0.25, 0.3) is 0 Å². The minimum Gasteiger partial charge on any atom is -0.497 e. The van der Waals surface area contributed by atoms with Crippen molar-refractivity contribution in [2.45, 2.75) is 12.8 Å². The number of nitrogen functional groups attached to an aromatic ring is 1. The fourth-order valence-electron chi connectivity index (χ4n) is 3.07. The first-order valence-corrected chi connectivity index (χ1v) is 7.51. The van der Waals surface area contributed by atoms with E-state index in [1.807, 2.05) is 30.3 Å². The first kappa shape index (κ1) is 13.7. The van der Waals surface area contributed by atoms with E-state index in [1.165, 1.54) is 5.56 Å². The van der Waals surface area contributed by atoms with Gasteiger partial charge in [0.05, 0.1) is 24.2 Å². The first-order valence-electron chi connectivity index (χ1n) is 7.51. The number of benzene rings is 1. The molecule has 5 heteroatoms. The maximum atomic E-state index is 5.96. The predicted molar refractivity (Wildman–Crippen MR) is 89.1 cm³/mol. The van der Waals surface area contributed by atoms with Gasteiger partial charge >= 0.3 is 0 Å². The minimum absolute atomic E-state index is 0.271. The summed E-state index contributed by atoms with van der Waals surface area (Å²) in [6.45, 7) is 0. The fourth-order valence-corrected chi connectivity index (χ4v) is 3.07. The Bertz CT molecular complexity index is 878. The normalized spacial score (nSPS) is 12.4. The zero-order chi connectivity index (χ0) is 15.8. The number of nitrogens with zero attached hydrogens (tertiary/aromatic N) is 3. The molecule has 1 aliphatic rings. The number of ether oxygens (including phenoxy) is 1. The Morgan fingerprint density at radius 1 is 1.04 bits per heavy atom. The lowest BCUT2D eigenvalue weighted by Crippen LogP contribution is -2.11. The number of hydrogen-bond acceptors (Lipinski definition) is 5. The molecule has 0 saturated carbocycles. The second-order valence-electron chi connectivity index (χ2n) is 5.50. The second kappa shape index (κ2) is 5.35. The Kier molecular flexibility index (Phi) is 3.19. The summed E-state index contributed by atoms with van der Waals surface area (Å²) in [5, 5.41) is 0. The van der Waals surface area contributed by atoms with Crippen molar-refractivity contribution in [1.82, 2.24) is 15.0 Å². The Balaban J connectivity index is 1.94. The highest BCUT2D eigenvalue weighted by atomic mass is 16.5. The molecule has 23 heavy (non-hydrogen) atoms. The lowest BCUT2D eigenvalue weighted by molar-refractivity contribution is 0.414. The number of pyridine rings is 1. The highest BCUT2D eigenvalue weighted by molar-refractivity contribution is 5.77. The Morgan fingerprint density at radius 2 is 1.91 bits per heavy atom. The van der Waals surface area contributed by atoms with Crippen LogP contribution in [0.1, 0.15) is 11.1 Å². The second-order valence-corrected chi connectivity index (χ2v) is 5.50. The van der Waals surface area contributed by atoms with Gasteiger partial charge in [0, 0.05) is 17.3 Å². The highest BCUT2D eigenvalue weighted by Crippen LogP contribution is 2.38. The molecule has 0 spiro atoms. The molecule has 0 aliphatic heterocycles. The molecule has 114 valence electrons. The summed E-state index contributed by atoms with van der Waals surface area (Å²) in [5.41, 5.74) is 11.9. The number of rotatable bonds is 2. The van der Waals surface area contributed by atoms with E-state index >= 15 is 0 Å². The van der Waals surface area contributed by atoms with Crippen LogP contribution in [0, 0.1) is 0 Å². The van der Waals surface area contributed by atoms with Gasteiger partial charge in [0.15, 0.2) is 0 Å². The van der Waals surface area contributed by atoms with Crippen molar-refractivity contribution in [3.05, 3.63) is 53.7 Å². The predicted octanol–water partition coefficient (Wildman–Crippen LogP) is 2.89. The van der Waals surface area contributed by atoms with Gasteiger partial charge < -0.3 is 10.5 Å². The number of methoxy groups -OCH3 is 1. The van der Waals surface area contributed by atoms with E-state index in [4.69, 9.17) is 10.5 Å². The summed E-state index contributed by atoms with van der Waals surface area (Å²) in [6.07, 6.45) is 3.55. The summed E-state index contributed by atoms with van der Waals surface area (Å²) in [5.74, 6) is 1.13. The molecule has 1 aromatic carbocycles. The third kappa shape index (κ3) is 2.30. The van der Waals surface area contributed by atoms with Crippen LogP contribution in [0.5, 0.6) is 5.75 Å². The quantitative estimate of drug-likeness (QED) is 0.788. The molecule has 0 fully saturated rings. The van der Waals surface area contributed by atoms with Crippen molar-refractivity contribution >= 4 is 5.95 Å². The molecule has 0 atom stereocenters. The summed E-state index contributed by atoms with van der Waals surface area (Å²) >= 11 is 0. The van der Waals surface area contributed by atoms with Crippen LogP contribution in [0.3, 0.4) is 0 Å². The van der Waals surface area contributed by atoms with Gasteiger partial charge in [-0.2, -0.15) is 0 Å². The summed E-state index contributed by atoms with van der Waals surface area (Å²) in [6, 6.07) is 11.9. The highest BCUT2D eigenvalue weighted by Gasteiger charge is 2.23. The van der Waals surface area contributed by atoms with E-state index in [2.05, 4.69) is 21.0 Å². The van der Waals surface area contributed by atoms with E-state index < -0.39 is 0 Å². The van der Waals surface area contributed by atoms with Crippen molar-refractivity contribution in [2.75, 3.05) is 12.8 Å². The molecule has 2 heterocycles. The molecular weight excluding hydrogens is 288 g/mol. The third-order valence-corrected chi connectivity index (χ3v) is 4.14. The molecule has 5 nitrogen and oxygen atoms in total. The average Bonchev–Trinajstić information content (AvgIpc) is 2.61. The summed E-state index contributed by atoms with van der Waals surface area (Å²) < 4.78 is 5.32. The standard InChI is InChI=1S/C18H16N4O/c1-23-12-6-8-13-11(10-12)5-7-14-16(13)21-18(19)22-17(14)15-4-2-3-9-20-15/h2-4,6,8-10H,5,7H2,1H3,(H2,19,21,22). The van der Waals surface area contributed by atoms with E-state index in [0.29, 0.717) is 0 Å².